The van der Waals surface area contributed by atoms with Gasteiger partial charge in [-0.3, -0.25) is 9.59 Å². The number of hydrogen-bond acceptors (Lipinski definition) is 3. The standard InChI is InChI=1S/C15H20N2O2/c1-10(17-15(19)14-4-3-9-16-14)12-5-7-13(8-6-12)11(2)18/h5-8,10,14,16H,3-4,9H2,1-2H3,(H,17,19)/t10-,14+/m0/s1. The third-order valence-electron chi connectivity index (χ3n) is 3.55. The third kappa shape index (κ3) is 3.41. The zero-order chi connectivity index (χ0) is 13.8. The Kier molecular flexibility index (Phi) is 4.32. The molecule has 0 aliphatic carbocycles. The van der Waals surface area contributed by atoms with Crippen LogP contribution in [0.2, 0.25) is 0 Å². The molecule has 102 valence electrons. The monoisotopic (exact) mass is 260 g/mol. The Balaban J connectivity index is 1.97. The summed E-state index contributed by atoms with van der Waals surface area (Å²) in [5.41, 5.74) is 1.70. The summed E-state index contributed by atoms with van der Waals surface area (Å²) in [4.78, 5) is 23.2. The molecule has 1 saturated heterocycles. The molecule has 0 spiro atoms. The van der Waals surface area contributed by atoms with E-state index in [4.69, 9.17) is 0 Å². The van der Waals surface area contributed by atoms with Crippen molar-refractivity contribution in [3.8, 4) is 0 Å². The maximum Gasteiger partial charge on any atom is 0.237 e. The molecule has 4 heteroatoms. The summed E-state index contributed by atoms with van der Waals surface area (Å²) in [5.74, 6) is 0.110. The average Bonchev–Trinajstić information content (AvgIpc) is 2.92. The van der Waals surface area contributed by atoms with Gasteiger partial charge >= 0.3 is 0 Å². The number of carbonyl (C=O) groups is 2. The zero-order valence-electron chi connectivity index (χ0n) is 11.4. The van der Waals surface area contributed by atoms with Crippen LogP contribution in [0.1, 0.15) is 48.7 Å². The molecule has 1 amide bonds. The van der Waals surface area contributed by atoms with Crippen LogP contribution in [0.15, 0.2) is 24.3 Å². The van der Waals surface area contributed by atoms with Gasteiger partial charge in [-0.15, -0.1) is 0 Å². The summed E-state index contributed by atoms with van der Waals surface area (Å²) in [7, 11) is 0. The maximum absolute atomic E-state index is 12.0. The van der Waals surface area contributed by atoms with Crippen molar-refractivity contribution in [1.29, 1.82) is 0 Å². The summed E-state index contributed by atoms with van der Waals surface area (Å²) in [6, 6.07) is 7.28. The minimum absolute atomic E-state index is 0.0455. The fourth-order valence-corrected chi connectivity index (χ4v) is 2.31. The number of carbonyl (C=O) groups excluding carboxylic acids is 2. The molecule has 0 aromatic heterocycles. The van der Waals surface area contributed by atoms with Gasteiger partial charge in [0, 0.05) is 5.56 Å². The molecule has 1 heterocycles. The smallest absolute Gasteiger partial charge is 0.237 e. The van der Waals surface area contributed by atoms with Crippen LogP contribution in [0.25, 0.3) is 0 Å². The number of nitrogens with one attached hydrogen (secondary N) is 2. The Hall–Kier alpha value is -1.68. The van der Waals surface area contributed by atoms with Crippen LogP contribution in [-0.2, 0) is 4.79 Å². The Morgan fingerprint density at radius 2 is 2.00 bits per heavy atom. The van der Waals surface area contributed by atoms with Crippen LogP contribution >= 0.6 is 0 Å². The van der Waals surface area contributed by atoms with Crippen molar-refractivity contribution in [2.24, 2.45) is 0 Å². The number of ketones is 1. The first-order chi connectivity index (χ1) is 9.08. The second-order valence-corrected chi connectivity index (χ2v) is 5.06. The predicted octanol–water partition coefficient (Wildman–Crippen LogP) is 1.82. The molecule has 1 aromatic rings. The van der Waals surface area contributed by atoms with Crippen molar-refractivity contribution < 1.29 is 9.59 Å². The highest BCUT2D eigenvalue weighted by molar-refractivity contribution is 5.94. The highest BCUT2D eigenvalue weighted by atomic mass is 16.2. The number of rotatable bonds is 4. The predicted molar refractivity (Wildman–Crippen MR) is 74.0 cm³/mol. The Labute approximate surface area is 113 Å². The van der Waals surface area contributed by atoms with E-state index < -0.39 is 0 Å². The molecule has 1 aliphatic heterocycles. The summed E-state index contributed by atoms with van der Waals surface area (Å²) >= 11 is 0. The quantitative estimate of drug-likeness (QED) is 0.812. The van der Waals surface area contributed by atoms with Crippen molar-refractivity contribution in [2.45, 2.75) is 38.8 Å². The van der Waals surface area contributed by atoms with E-state index in [1.54, 1.807) is 19.1 Å². The summed E-state index contributed by atoms with van der Waals surface area (Å²) in [6.45, 7) is 4.42. The highest BCUT2D eigenvalue weighted by Crippen LogP contribution is 2.15. The minimum atomic E-state index is -0.0565. The molecular formula is C15H20N2O2. The first-order valence-electron chi connectivity index (χ1n) is 6.72. The number of amides is 1. The lowest BCUT2D eigenvalue weighted by Gasteiger charge is -2.17. The molecule has 0 saturated carbocycles. The van der Waals surface area contributed by atoms with Crippen molar-refractivity contribution in [3.63, 3.8) is 0 Å². The third-order valence-corrected chi connectivity index (χ3v) is 3.55. The van der Waals surface area contributed by atoms with E-state index in [1.807, 2.05) is 19.1 Å². The molecule has 2 N–H and O–H groups in total. The van der Waals surface area contributed by atoms with Crippen molar-refractivity contribution in [1.82, 2.24) is 10.6 Å². The maximum atomic E-state index is 12.0. The van der Waals surface area contributed by atoms with Gasteiger partial charge in [-0.1, -0.05) is 24.3 Å². The van der Waals surface area contributed by atoms with Gasteiger partial charge in [0.1, 0.15) is 0 Å². The second kappa shape index (κ2) is 5.97. The van der Waals surface area contributed by atoms with Gasteiger partial charge in [-0.2, -0.15) is 0 Å². The molecular weight excluding hydrogens is 240 g/mol. The molecule has 1 fully saturated rings. The van der Waals surface area contributed by atoms with Gasteiger partial charge < -0.3 is 10.6 Å². The zero-order valence-corrected chi connectivity index (χ0v) is 11.4. The van der Waals surface area contributed by atoms with E-state index in [9.17, 15) is 9.59 Å². The van der Waals surface area contributed by atoms with E-state index >= 15 is 0 Å². The van der Waals surface area contributed by atoms with E-state index in [-0.39, 0.29) is 23.8 Å². The van der Waals surface area contributed by atoms with Crippen LogP contribution in [0.3, 0.4) is 0 Å². The van der Waals surface area contributed by atoms with E-state index in [1.165, 1.54) is 0 Å². The molecule has 2 atom stereocenters. The first kappa shape index (κ1) is 13.7. The lowest BCUT2D eigenvalue weighted by molar-refractivity contribution is -0.123. The SMILES string of the molecule is CC(=O)c1ccc([C@H](C)NC(=O)[C@H]2CCCN2)cc1. The van der Waals surface area contributed by atoms with E-state index in [0.29, 0.717) is 5.56 Å². The van der Waals surface area contributed by atoms with Gasteiger partial charge in [-0.25, -0.2) is 0 Å². The van der Waals surface area contributed by atoms with Gasteiger partial charge in [0.05, 0.1) is 12.1 Å². The highest BCUT2D eigenvalue weighted by Gasteiger charge is 2.23. The van der Waals surface area contributed by atoms with Gasteiger partial charge in [0.25, 0.3) is 0 Å². The average molecular weight is 260 g/mol. The topological polar surface area (TPSA) is 58.2 Å². The Bertz CT molecular complexity index is 462. The van der Waals surface area contributed by atoms with Crippen LogP contribution in [0.5, 0.6) is 0 Å². The molecule has 1 aliphatic rings. The Morgan fingerprint density at radius 3 is 2.53 bits per heavy atom. The second-order valence-electron chi connectivity index (χ2n) is 5.06. The molecule has 19 heavy (non-hydrogen) atoms. The van der Waals surface area contributed by atoms with Crippen molar-refractivity contribution in [3.05, 3.63) is 35.4 Å². The van der Waals surface area contributed by atoms with Gasteiger partial charge in [-0.05, 0) is 38.8 Å². The van der Waals surface area contributed by atoms with E-state index in [0.717, 1.165) is 24.9 Å². The fourth-order valence-electron chi connectivity index (χ4n) is 2.31. The molecule has 4 nitrogen and oxygen atoms in total. The molecule has 0 bridgehead atoms. The lowest BCUT2D eigenvalue weighted by atomic mass is 10.0. The number of benzene rings is 1. The summed E-state index contributed by atoms with van der Waals surface area (Å²) in [6.07, 6.45) is 1.96. The number of Topliss-reactive ketones (excluding diaryl/α,β-unsaturated/α-hetero) is 1. The first-order valence-corrected chi connectivity index (χ1v) is 6.72. The normalized spacial score (nSPS) is 20.0. The lowest BCUT2D eigenvalue weighted by Crippen LogP contribution is -2.41. The van der Waals surface area contributed by atoms with Crippen LogP contribution < -0.4 is 10.6 Å². The molecule has 0 radical (unpaired) electrons. The largest absolute Gasteiger partial charge is 0.348 e. The Morgan fingerprint density at radius 1 is 1.32 bits per heavy atom. The minimum Gasteiger partial charge on any atom is -0.348 e. The van der Waals surface area contributed by atoms with Gasteiger partial charge in [0.15, 0.2) is 5.78 Å². The van der Waals surface area contributed by atoms with Crippen molar-refractivity contribution >= 4 is 11.7 Å². The van der Waals surface area contributed by atoms with Crippen LogP contribution in [0, 0.1) is 0 Å². The molecule has 1 aromatic carbocycles. The van der Waals surface area contributed by atoms with Gasteiger partial charge in [0.2, 0.25) is 5.91 Å². The van der Waals surface area contributed by atoms with Crippen molar-refractivity contribution in [2.75, 3.05) is 6.54 Å². The van der Waals surface area contributed by atoms with E-state index in [2.05, 4.69) is 10.6 Å². The fraction of sp³-hybridized carbons (Fsp3) is 0.467. The van der Waals surface area contributed by atoms with Crippen LogP contribution in [0.4, 0.5) is 0 Å². The summed E-state index contributed by atoms with van der Waals surface area (Å²) in [5, 5.41) is 6.18. The summed E-state index contributed by atoms with van der Waals surface area (Å²) < 4.78 is 0. The number of hydrogen-bond donors (Lipinski definition) is 2. The molecule has 2 rings (SSSR count). The molecule has 0 unspecified atom stereocenters. The van der Waals surface area contributed by atoms with Crippen LogP contribution in [-0.4, -0.2) is 24.3 Å².